The smallest absolute Gasteiger partial charge is 0.252 e. The van der Waals surface area contributed by atoms with Crippen molar-refractivity contribution in [2.75, 3.05) is 20.3 Å². The maximum atomic E-state index is 13.1. The van der Waals surface area contributed by atoms with E-state index in [1.54, 1.807) is 18.4 Å². The quantitative estimate of drug-likeness (QED) is 0.537. The van der Waals surface area contributed by atoms with E-state index in [-0.39, 0.29) is 11.9 Å². The lowest BCUT2D eigenvalue weighted by Crippen LogP contribution is -2.39. The molecular weight excluding hydrogens is 386 g/mol. The average molecular weight is 414 g/mol. The van der Waals surface area contributed by atoms with Crippen molar-refractivity contribution in [3.8, 4) is 10.4 Å². The molecule has 0 bridgehead atoms. The van der Waals surface area contributed by atoms with Crippen molar-refractivity contribution in [2.24, 2.45) is 0 Å². The molecule has 1 fully saturated rings. The summed E-state index contributed by atoms with van der Waals surface area (Å²) in [5.74, 6) is -0.00886. The van der Waals surface area contributed by atoms with E-state index in [4.69, 9.17) is 9.47 Å². The van der Waals surface area contributed by atoms with Gasteiger partial charge in [-0.05, 0) is 55.9 Å². The highest BCUT2D eigenvalue weighted by atomic mass is 32.1. The van der Waals surface area contributed by atoms with Crippen LogP contribution in [0.3, 0.4) is 0 Å². The second kappa shape index (κ2) is 9.52. The number of H-pyrrole nitrogens is 1. The summed E-state index contributed by atoms with van der Waals surface area (Å²) in [5, 5.41) is 4.20. The summed E-state index contributed by atoms with van der Waals surface area (Å²) in [5.41, 5.74) is 4.50. The number of ether oxygens (including phenoxy) is 2. The second-order valence-electron chi connectivity index (χ2n) is 7.49. The summed E-state index contributed by atoms with van der Waals surface area (Å²) >= 11 is 1.57. The third-order valence-electron chi connectivity index (χ3n) is 5.49. The molecule has 0 atom stereocenters. The maximum absolute atomic E-state index is 13.1. The van der Waals surface area contributed by atoms with Crippen LogP contribution in [0.15, 0.2) is 36.1 Å². The van der Waals surface area contributed by atoms with E-state index in [0.717, 1.165) is 66.7 Å². The number of aromatic amines is 1. The van der Waals surface area contributed by atoms with Crippen molar-refractivity contribution in [3.63, 3.8) is 0 Å². The lowest BCUT2D eigenvalue weighted by molar-refractivity contribution is 0.0131. The minimum atomic E-state index is -0.00886. The van der Waals surface area contributed by atoms with Crippen LogP contribution in [-0.4, -0.2) is 48.3 Å². The Balaban J connectivity index is 1.39. The molecule has 0 aliphatic heterocycles. The van der Waals surface area contributed by atoms with Crippen molar-refractivity contribution < 1.29 is 14.3 Å². The van der Waals surface area contributed by atoms with E-state index < -0.39 is 0 Å². The molecule has 3 aromatic rings. The van der Waals surface area contributed by atoms with Crippen LogP contribution in [0.5, 0.6) is 0 Å². The molecule has 154 valence electrons. The van der Waals surface area contributed by atoms with Crippen LogP contribution < -0.4 is 5.32 Å². The molecular formula is C22H27N3O3S. The van der Waals surface area contributed by atoms with Crippen molar-refractivity contribution in [1.82, 2.24) is 15.3 Å². The minimum absolute atomic E-state index is 0.00886. The summed E-state index contributed by atoms with van der Waals surface area (Å²) in [7, 11) is 1.71. The molecule has 1 aliphatic carbocycles. The molecule has 1 aliphatic rings. The summed E-state index contributed by atoms with van der Waals surface area (Å²) in [6.45, 7) is 1.48. The van der Waals surface area contributed by atoms with E-state index in [2.05, 4.69) is 21.4 Å². The largest absolute Gasteiger partial charge is 0.385 e. The van der Waals surface area contributed by atoms with Crippen LogP contribution in [0.1, 0.15) is 42.5 Å². The van der Waals surface area contributed by atoms with Gasteiger partial charge >= 0.3 is 0 Å². The van der Waals surface area contributed by atoms with Crippen LogP contribution in [-0.2, 0) is 9.47 Å². The van der Waals surface area contributed by atoms with Gasteiger partial charge in [-0.15, -0.1) is 11.3 Å². The first kappa shape index (κ1) is 20.1. The number of methoxy groups -OCH3 is 1. The van der Waals surface area contributed by atoms with Gasteiger partial charge in [0.15, 0.2) is 0 Å². The van der Waals surface area contributed by atoms with E-state index in [1.165, 1.54) is 0 Å². The Morgan fingerprint density at radius 1 is 1.28 bits per heavy atom. The number of thiazole rings is 1. The zero-order chi connectivity index (χ0) is 20.1. The number of rotatable bonds is 8. The van der Waals surface area contributed by atoms with Gasteiger partial charge < -0.3 is 19.8 Å². The molecule has 0 unspecified atom stereocenters. The number of fused-ring (bicyclic) bond motifs is 1. The van der Waals surface area contributed by atoms with Crippen LogP contribution >= 0.6 is 11.3 Å². The molecule has 1 amide bonds. The number of carbonyl (C=O) groups is 1. The molecule has 0 saturated heterocycles. The van der Waals surface area contributed by atoms with Crippen LogP contribution in [0.25, 0.3) is 21.3 Å². The molecule has 2 heterocycles. The SMILES string of the molecule is COCCCOC1CCC(NC(=O)c2cc(-c3cncs3)cc3[nH]ccc23)CC1. The maximum Gasteiger partial charge on any atom is 0.252 e. The van der Waals surface area contributed by atoms with Crippen LogP contribution in [0.4, 0.5) is 0 Å². The number of nitrogens with one attached hydrogen (secondary N) is 2. The Morgan fingerprint density at radius 2 is 2.14 bits per heavy atom. The predicted molar refractivity (Wildman–Crippen MR) is 115 cm³/mol. The predicted octanol–water partition coefficient (Wildman–Crippen LogP) is 4.39. The number of carbonyl (C=O) groups excluding carboxylic acids is 1. The number of nitrogens with zero attached hydrogens (tertiary/aromatic N) is 1. The fraction of sp³-hybridized carbons (Fsp3) is 0.455. The Bertz CT molecular complexity index is 930. The van der Waals surface area contributed by atoms with E-state index >= 15 is 0 Å². The van der Waals surface area contributed by atoms with Gasteiger partial charge in [-0.3, -0.25) is 9.78 Å². The highest BCUT2D eigenvalue weighted by molar-refractivity contribution is 7.13. The molecule has 29 heavy (non-hydrogen) atoms. The van der Waals surface area contributed by atoms with Crippen LogP contribution in [0.2, 0.25) is 0 Å². The Labute approximate surface area is 174 Å². The fourth-order valence-corrected chi connectivity index (χ4v) is 4.56. The first-order valence-electron chi connectivity index (χ1n) is 10.2. The normalized spacial score (nSPS) is 19.5. The van der Waals surface area contributed by atoms with Gasteiger partial charge in [0.05, 0.1) is 16.5 Å². The average Bonchev–Trinajstić information content (AvgIpc) is 3.43. The fourth-order valence-electron chi connectivity index (χ4n) is 3.95. The third kappa shape index (κ3) is 4.86. The summed E-state index contributed by atoms with van der Waals surface area (Å²) in [4.78, 5) is 21.5. The van der Waals surface area contributed by atoms with Gasteiger partial charge in [-0.1, -0.05) is 0 Å². The molecule has 0 spiro atoms. The topological polar surface area (TPSA) is 76.2 Å². The van der Waals surface area contributed by atoms with Crippen LogP contribution in [0, 0.1) is 0 Å². The van der Waals surface area contributed by atoms with E-state index in [9.17, 15) is 4.79 Å². The number of hydrogen-bond donors (Lipinski definition) is 2. The molecule has 1 saturated carbocycles. The van der Waals surface area contributed by atoms with Gasteiger partial charge in [-0.25, -0.2) is 0 Å². The molecule has 2 aromatic heterocycles. The van der Waals surface area contributed by atoms with Crippen molar-refractivity contribution in [2.45, 2.75) is 44.2 Å². The third-order valence-corrected chi connectivity index (χ3v) is 6.31. The lowest BCUT2D eigenvalue weighted by Gasteiger charge is -2.29. The summed E-state index contributed by atoms with van der Waals surface area (Å²) in [6.07, 6.45) is 8.81. The molecule has 1 aromatic carbocycles. The molecule has 6 nitrogen and oxygen atoms in total. The van der Waals surface area contributed by atoms with Gasteiger partial charge in [0.2, 0.25) is 0 Å². The van der Waals surface area contributed by atoms with Gasteiger partial charge in [-0.2, -0.15) is 0 Å². The number of amides is 1. The number of benzene rings is 1. The summed E-state index contributed by atoms with van der Waals surface area (Å²) in [6, 6.07) is 6.21. The zero-order valence-electron chi connectivity index (χ0n) is 16.6. The Kier molecular flexibility index (Phi) is 6.59. The highest BCUT2D eigenvalue weighted by Crippen LogP contribution is 2.30. The lowest BCUT2D eigenvalue weighted by atomic mass is 9.92. The molecule has 7 heteroatoms. The van der Waals surface area contributed by atoms with Gasteiger partial charge in [0.1, 0.15) is 0 Å². The first-order valence-corrected chi connectivity index (χ1v) is 11.0. The zero-order valence-corrected chi connectivity index (χ0v) is 17.5. The highest BCUT2D eigenvalue weighted by Gasteiger charge is 2.24. The van der Waals surface area contributed by atoms with Crippen molar-refractivity contribution in [1.29, 1.82) is 0 Å². The number of aromatic nitrogens is 2. The summed E-state index contributed by atoms with van der Waals surface area (Å²) < 4.78 is 11.0. The molecule has 2 N–H and O–H groups in total. The molecule has 4 rings (SSSR count). The van der Waals surface area contributed by atoms with Crippen molar-refractivity contribution in [3.05, 3.63) is 41.7 Å². The monoisotopic (exact) mass is 413 g/mol. The van der Waals surface area contributed by atoms with E-state index in [0.29, 0.717) is 11.7 Å². The Morgan fingerprint density at radius 3 is 2.90 bits per heavy atom. The Hall–Kier alpha value is -2.22. The minimum Gasteiger partial charge on any atom is -0.385 e. The molecule has 0 radical (unpaired) electrons. The number of hydrogen-bond acceptors (Lipinski definition) is 5. The second-order valence-corrected chi connectivity index (χ2v) is 8.38. The van der Waals surface area contributed by atoms with Crippen molar-refractivity contribution >= 4 is 28.1 Å². The first-order chi connectivity index (χ1) is 14.2. The van der Waals surface area contributed by atoms with Gasteiger partial charge in [0, 0.05) is 55.2 Å². The van der Waals surface area contributed by atoms with Gasteiger partial charge in [0.25, 0.3) is 5.91 Å². The van der Waals surface area contributed by atoms with E-state index in [1.807, 2.05) is 30.0 Å². The standard InChI is InChI=1S/C22H27N3O3S/c1-27-9-2-10-28-17-5-3-16(4-6-17)25-22(26)19-11-15(21-13-23-14-29-21)12-20-18(19)7-8-24-20/h7-8,11-14,16-17,24H,2-6,9-10H2,1H3,(H,25,26).